The topological polar surface area (TPSA) is 76.0 Å². The largest absolute Gasteiger partial charge is 0.352 e. The van der Waals surface area contributed by atoms with Crippen molar-refractivity contribution < 1.29 is 14.0 Å². The number of aryl methyl sites for hydroxylation is 2. The van der Waals surface area contributed by atoms with Crippen molar-refractivity contribution >= 4 is 28.5 Å². The summed E-state index contributed by atoms with van der Waals surface area (Å²) < 4.78 is 15.7. The Hall–Kier alpha value is -4.00. The highest BCUT2D eigenvalue weighted by Gasteiger charge is 2.15. The lowest BCUT2D eigenvalue weighted by Crippen LogP contribution is -2.25. The van der Waals surface area contributed by atoms with Crippen LogP contribution in [0.2, 0.25) is 0 Å². The average molecular weight is 445 g/mol. The van der Waals surface area contributed by atoms with Gasteiger partial charge in [0, 0.05) is 18.5 Å². The highest BCUT2D eigenvalue weighted by atomic mass is 19.1. The number of nitrogens with one attached hydrogen (secondary N) is 2. The van der Waals surface area contributed by atoms with Crippen LogP contribution < -0.4 is 10.6 Å². The molecule has 0 atom stereocenters. The van der Waals surface area contributed by atoms with Crippen LogP contribution in [0, 0.1) is 12.7 Å². The maximum Gasteiger partial charge on any atom is 0.251 e. The average Bonchev–Trinajstić information content (AvgIpc) is 3.15. The first kappa shape index (κ1) is 22.2. The first-order valence-corrected chi connectivity index (χ1v) is 10.8. The fourth-order valence-corrected chi connectivity index (χ4v) is 3.64. The van der Waals surface area contributed by atoms with Gasteiger partial charge in [-0.25, -0.2) is 9.37 Å². The predicted molar refractivity (Wildman–Crippen MR) is 127 cm³/mol. The lowest BCUT2D eigenvalue weighted by Gasteiger charge is -2.11. The van der Waals surface area contributed by atoms with Crippen molar-refractivity contribution in [3.8, 4) is 0 Å². The number of hydrogen-bond donors (Lipinski definition) is 2. The van der Waals surface area contributed by atoms with E-state index in [1.54, 1.807) is 24.3 Å². The number of rotatable bonds is 8. The summed E-state index contributed by atoms with van der Waals surface area (Å²) in [5, 5.41) is 5.55. The van der Waals surface area contributed by atoms with Gasteiger partial charge in [0.2, 0.25) is 5.91 Å². The second-order valence-electron chi connectivity index (χ2n) is 7.86. The molecule has 0 aliphatic rings. The number of nitrogens with zero attached hydrogens (tertiary/aromatic N) is 2. The van der Waals surface area contributed by atoms with Gasteiger partial charge in [-0.3, -0.25) is 9.59 Å². The van der Waals surface area contributed by atoms with Gasteiger partial charge in [-0.05, 0) is 49.7 Å². The zero-order valence-electron chi connectivity index (χ0n) is 18.3. The van der Waals surface area contributed by atoms with Gasteiger partial charge in [-0.1, -0.05) is 42.0 Å². The van der Waals surface area contributed by atoms with Crippen LogP contribution in [0.3, 0.4) is 0 Å². The minimum atomic E-state index is -0.481. The van der Waals surface area contributed by atoms with Crippen LogP contribution >= 0.6 is 0 Å². The van der Waals surface area contributed by atoms with E-state index < -0.39 is 5.82 Å². The number of hydrogen-bond acceptors (Lipinski definition) is 3. The monoisotopic (exact) mass is 444 g/mol. The standard InChI is InChI=1S/C26H25FN4O2/c1-18-12-14-19(15-13-18)26(33)28-16-6-11-24-29-22-9-4-5-10-23(22)31(24)17-25(32)30-21-8-3-2-7-20(21)27/h2-5,7-10,12-15H,6,11,16-17H2,1H3,(H,28,33)(H,30,32). The van der Waals surface area contributed by atoms with E-state index in [0.29, 0.717) is 24.9 Å². The Morgan fingerprint density at radius 2 is 1.70 bits per heavy atom. The van der Waals surface area contributed by atoms with E-state index >= 15 is 0 Å². The molecule has 0 aliphatic carbocycles. The summed E-state index contributed by atoms with van der Waals surface area (Å²) in [6, 6.07) is 21.1. The van der Waals surface area contributed by atoms with E-state index in [4.69, 9.17) is 0 Å². The molecule has 2 N–H and O–H groups in total. The first-order chi connectivity index (χ1) is 16.0. The minimum absolute atomic E-state index is 0.0138. The molecule has 168 valence electrons. The lowest BCUT2D eigenvalue weighted by molar-refractivity contribution is -0.116. The Labute approximate surface area is 191 Å². The molecular weight excluding hydrogens is 419 g/mol. The molecule has 33 heavy (non-hydrogen) atoms. The Bertz CT molecular complexity index is 1280. The van der Waals surface area contributed by atoms with Gasteiger partial charge < -0.3 is 15.2 Å². The number of imidazole rings is 1. The number of carbonyl (C=O) groups is 2. The summed E-state index contributed by atoms with van der Waals surface area (Å²) in [6.45, 7) is 2.47. The summed E-state index contributed by atoms with van der Waals surface area (Å²) in [4.78, 5) is 29.6. The molecule has 0 fully saturated rings. The molecule has 7 heteroatoms. The van der Waals surface area contributed by atoms with Gasteiger partial charge in [0.25, 0.3) is 5.91 Å². The van der Waals surface area contributed by atoms with Gasteiger partial charge in [-0.15, -0.1) is 0 Å². The van der Waals surface area contributed by atoms with Crippen LogP contribution in [0.5, 0.6) is 0 Å². The number of benzene rings is 3. The Morgan fingerprint density at radius 1 is 0.970 bits per heavy atom. The van der Waals surface area contributed by atoms with E-state index in [1.165, 1.54) is 12.1 Å². The third-order valence-electron chi connectivity index (χ3n) is 5.36. The molecule has 4 aromatic rings. The second kappa shape index (κ2) is 10.1. The molecule has 2 amide bonds. The molecule has 6 nitrogen and oxygen atoms in total. The van der Waals surface area contributed by atoms with Gasteiger partial charge in [-0.2, -0.15) is 0 Å². The third-order valence-corrected chi connectivity index (χ3v) is 5.36. The summed E-state index contributed by atoms with van der Waals surface area (Å²) in [7, 11) is 0. The van der Waals surface area contributed by atoms with Gasteiger partial charge in [0.05, 0.1) is 16.7 Å². The van der Waals surface area contributed by atoms with Gasteiger partial charge in [0.15, 0.2) is 0 Å². The van der Waals surface area contributed by atoms with E-state index in [9.17, 15) is 14.0 Å². The molecule has 0 bridgehead atoms. The smallest absolute Gasteiger partial charge is 0.251 e. The Balaban J connectivity index is 1.41. The summed E-state index contributed by atoms with van der Waals surface area (Å²) in [5.74, 6) is -0.194. The molecular formula is C26H25FN4O2. The third kappa shape index (κ3) is 5.44. The number of anilines is 1. The van der Waals surface area contributed by atoms with Crippen molar-refractivity contribution in [3.05, 3.63) is 95.6 Å². The number of para-hydroxylation sites is 3. The lowest BCUT2D eigenvalue weighted by atomic mass is 10.1. The van der Waals surface area contributed by atoms with Crippen molar-refractivity contribution in [1.29, 1.82) is 0 Å². The van der Waals surface area contributed by atoms with E-state index in [2.05, 4.69) is 15.6 Å². The first-order valence-electron chi connectivity index (χ1n) is 10.8. The summed E-state index contributed by atoms with van der Waals surface area (Å²) >= 11 is 0. The van der Waals surface area contributed by atoms with Crippen LogP contribution in [0.1, 0.15) is 28.2 Å². The molecule has 0 unspecified atom stereocenters. The van der Waals surface area contributed by atoms with Crippen molar-refractivity contribution in [2.75, 3.05) is 11.9 Å². The van der Waals surface area contributed by atoms with E-state index in [0.717, 1.165) is 22.4 Å². The number of halogens is 1. The molecule has 1 aromatic heterocycles. The molecule has 3 aromatic carbocycles. The molecule has 0 aliphatic heterocycles. The molecule has 4 rings (SSSR count). The highest BCUT2D eigenvalue weighted by Crippen LogP contribution is 2.18. The number of aromatic nitrogens is 2. The molecule has 0 radical (unpaired) electrons. The maximum absolute atomic E-state index is 13.9. The molecule has 1 heterocycles. The van der Waals surface area contributed by atoms with E-state index in [-0.39, 0.29) is 24.0 Å². The number of carbonyl (C=O) groups excluding carboxylic acids is 2. The SMILES string of the molecule is Cc1ccc(C(=O)NCCCc2nc3ccccc3n2CC(=O)Nc2ccccc2F)cc1. The van der Waals surface area contributed by atoms with Gasteiger partial charge in [0.1, 0.15) is 18.2 Å². The number of fused-ring (bicyclic) bond motifs is 1. The van der Waals surface area contributed by atoms with Crippen molar-refractivity contribution in [2.45, 2.75) is 26.3 Å². The fraction of sp³-hybridized carbons (Fsp3) is 0.192. The van der Waals surface area contributed by atoms with Crippen LogP contribution in [0.15, 0.2) is 72.8 Å². The zero-order chi connectivity index (χ0) is 23.2. The highest BCUT2D eigenvalue weighted by molar-refractivity contribution is 5.94. The van der Waals surface area contributed by atoms with Crippen molar-refractivity contribution in [3.63, 3.8) is 0 Å². The Morgan fingerprint density at radius 3 is 2.48 bits per heavy atom. The fourth-order valence-electron chi connectivity index (χ4n) is 3.64. The normalized spacial score (nSPS) is 10.8. The van der Waals surface area contributed by atoms with Gasteiger partial charge >= 0.3 is 0 Å². The summed E-state index contributed by atoms with van der Waals surface area (Å²) in [6.07, 6.45) is 1.24. The molecule has 0 spiro atoms. The number of amides is 2. The summed E-state index contributed by atoms with van der Waals surface area (Å²) in [5.41, 5.74) is 3.49. The minimum Gasteiger partial charge on any atom is -0.352 e. The van der Waals surface area contributed by atoms with E-state index in [1.807, 2.05) is 47.9 Å². The second-order valence-corrected chi connectivity index (χ2v) is 7.86. The van der Waals surface area contributed by atoms with Crippen LogP contribution in [0.25, 0.3) is 11.0 Å². The van der Waals surface area contributed by atoms with Crippen LogP contribution in [-0.4, -0.2) is 27.9 Å². The van der Waals surface area contributed by atoms with Crippen molar-refractivity contribution in [1.82, 2.24) is 14.9 Å². The van der Waals surface area contributed by atoms with Crippen molar-refractivity contribution in [2.24, 2.45) is 0 Å². The quantitative estimate of drug-likeness (QED) is 0.393. The predicted octanol–water partition coefficient (Wildman–Crippen LogP) is 4.49. The molecule has 0 saturated heterocycles. The van der Waals surface area contributed by atoms with Crippen LogP contribution in [-0.2, 0) is 17.8 Å². The zero-order valence-corrected chi connectivity index (χ0v) is 18.3. The van der Waals surface area contributed by atoms with Crippen LogP contribution in [0.4, 0.5) is 10.1 Å². The maximum atomic E-state index is 13.9. The Kier molecular flexibility index (Phi) is 6.78. The molecule has 0 saturated carbocycles.